The Balaban J connectivity index is 3.61. The third-order valence-corrected chi connectivity index (χ3v) is 5.56. The summed E-state index contributed by atoms with van der Waals surface area (Å²) < 4.78 is 31.3. The van der Waals surface area contributed by atoms with Crippen molar-refractivity contribution < 1.29 is 22.9 Å². The molecule has 6 heteroatoms. The monoisotopic (exact) mass is 378 g/mol. The molecular weight excluding hydrogens is 340 g/mol. The molecule has 1 atom stereocenters. The zero-order valence-corrected chi connectivity index (χ0v) is 16.7. The van der Waals surface area contributed by atoms with Gasteiger partial charge in [-0.25, -0.2) is 0 Å². The van der Waals surface area contributed by atoms with Crippen molar-refractivity contribution >= 4 is 16.1 Å². The summed E-state index contributed by atoms with van der Waals surface area (Å²) in [6.45, 7) is 2.13. The van der Waals surface area contributed by atoms with Crippen molar-refractivity contribution in [3.8, 4) is 0 Å². The van der Waals surface area contributed by atoms with Crippen molar-refractivity contribution in [3.05, 3.63) is 0 Å². The summed E-state index contributed by atoms with van der Waals surface area (Å²) in [5, 5.41) is 8.55. The Bertz CT molecular complexity index is 420. The topological polar surface area (TPSA) is 91.7 Å². The number of carboxylic acids is 1. The number of carboxylic acid groups (broad SMARTS) is 1. The molecule has 0 fully saturated rings. The molecule has 0 bridgehead atoms. The van der Waals surface area contributed by atoms with Crippen LogP contribution >= 0.6 is 0 Å². The van der Waals surface area contributed by atoms with Crippen LogP contribution in [0.1, 0.15) is 103 Å². The van der Waals surface area contributed by atoms with Crippen LogP contribution in [0.15, 0.2) is 0 Å². The van der Waals surface area contributed by atoms with Crippen molar-refractivity contribution in [1.82, 2.24) is 0 Å². The van der Waals surface area contributed by atoms with Gasteiger partial charge in [0.2, 0.25) is 0 Å². The minimum Gasteiger partial charge on any atom is -0.481 e. The van der Waals surface area contributed by atoms with Crippen LogP contribution < -0.4 is 0 Å². The third-order valence-electron chi connectivity index (χ3n) is 4.67. The zero-order valence-electron chi connectivity index (χ0n) is 15.9. The predicted octanol–water partition coefficient (Wildman–Crippen LogP) is 5.45. The number of aliphatic carboxylic acids is 1. The van der Waals surface area contributed by atoms with Crippen LogP contribution in [-0.4, -0.2) is 29.8 Å². The van der Waals surface area contributed by atoms with Gasteiger partial charge in [-0.1, -0.05) is 77.6 Å². The van der Waals surface area contributed by atoms with E-state index in [0.717, 1.165) is 64.2 Å². The van der Waals surface area contributed by atoms with Gasteiger partial charge in [-0.2, -0.15) is 8.42 Å². The molecule has 0 radical (unpaired) electrons. The second kappa shape index (κ2) is 15.6. The summed E-state index contributed by atoms with van der Waals surface area (Å²) in [5.41, 5.74) is 0. The molecule has 0 aliphatic rings. The van der Waals surface area contributed by atoms with Crippen molar-refractivity contribution in [2.24, 2.45) is 5.92 Å². The number of rotatable bonds is 18. The lowest BCUT2D eigenvalue weighted by molar-refractivity contribution is -0.137. The highest BCUT2D eigenvalue weighted by Crippen LogP contribution is 2.20. The van der Waals surface area contributed by atoms with E-state index in [-0.39, 0.29) is 18.1 Å². The Morgan fingerprint density at radius 1 is 0.800 bits per heavy atom. The lowest BCUT2D eigenvalue weighted by Gasteiger charge is -2.15. The van der Waals surface area contributed by atoms with Crippen LogP contribution in [0.25, 0.3) is 0 Å². The van der Waals surface area contributed by atoms with Gasteiger partial charge in [-0.3, -0.25) is 9.35 Å². The molecule has 0 aromatic heterocycles. The number of unbranched alkanes of at least 4 members (excludes halogenated alkanes) is 10. The zero-order chi connectivity index (χ0) is 19.0. The number of hydrogen-bond donors (Lipinski definition) is 2. The molecule has 2 N–H and O–H groups in total. The van der Waals surface area contributed by atoms with Crippen LogP contribution in [0.2, 0.25) is 0 Å². The van der Waals surface area contributed by atoms with Gasteiger partial charge >= 0.3 is 5.97 Å². The first-order valence-corrected chi connectivity index (χ1v) is 11.6. The maximum Gasteiger partial charge on any atom is 0.303 e. The Hall–Kier alpha value is -0.620. The normalized spacial score (nSPS) is 13.0. The molecule has 0 aromatic carbocycles. The maximum absolute atomic E-state index is 11.1. The van der Waals surface area contributed by atoms with Crippen LogP contribution in [0, 0.1) is 5.92 Å². The van der Waals surface area contributed by atoms with E-state index < -0.39 is 16.1 Å². The van der Waals surface area contributed by atoms with Gasteiger partial charge in [0.15, 0.2) is 0 Å². The van der Waals surface area contributed by atoms with E-state index in [2.05, 4.69) is 6.92 Å². The molecule has 150 valence electrons. The first-order valence-electron chi connectivity index (χ1n) is 10.0. The maximum atomic E-state index is 11.1. The minimum absolute atomic E-state index is 0.0902. The van der Waals surface area contributed by atoms with Crippen molar-refractivity contribution in [2.75, 3.05) is 5.75 Å². The van der Waals surface area contributed by atoms with Gasteiger partial charge in [-0.15, -0.1) is 0 Å². The average molecular weight is 379 g/mol. The molecule has 0 amide bonds. The Labute approximate surface area is 154 Å². The summed E-state index contributed by atoms with van der Waals surface area (Å²) in [6.07, 6.45) is 15.1. The lowest BCUT2D eigenvalue weighted by atomic mass is 9.96. The van der Waals surface area contributed by atoms with E-state index in [1.165, 1.54) is 25.7 Å². The lowest BCUT2D eigenvalue weighted by Crippen LogP contribution is -2.15. The predicted molar refractivity (Wildman–Crippen MR) is 102 cm³/mol. The molecule has 0 aliphatic heterocycles. The van der Waals surface area contributed by atoms with Gasteiger partial charge in [0.25, 0.3) is 10.1 Å². The molecule has 1 unspecified atom stereocenters. The molecule has 25 heavy (non-hydrogen) atoms. The Morgan fingerprint density at radius 3 is 1.68 bits per heavy atom. The quantitative estimate of drug-likeness (QED) is 0.244. The first kappa shape index (κ1) is 24.4. The summed E-state index contributed by atoms with van der Waals surface area (Å²) in [7, 11) is -3.87. The molecule has 0 spiro atoms. The van der Waals surface area contributed by atoms with Gasteiger partial charge < -0.3 is 5.11 Å². The van der Waals surface area contributed by atoms with E-state index in [1.807, 2.05) is 0 Å². The standard InChI is InChI=1S/C19H38O5S/c1-2-3-11-14-18(17-25(22,23)24)15-12-9-7-5-4-6-8-10-13-16-19(20)21/h18H,2-17H2,1H3,(H,20,21)(H,22,23,24). The van der Waals surface area contributed by atoms with Crippen LogP contribution in [0.4, 0.5) is 0 Å². The highest BCUT2D eigenvalue weighted by atomic mass is 32.2. The van der Waals surface area contributed by atoms with Gasteiger partial charge in [0.1, 0.15) is 0 Å². The van der Waals surface area contributed by atoms with E-state index in [4.69, 9.17) is 9.66 Å². The number of hydrogen-bond acceptors (Lipinski definition) is 3. The number of carbonyl (C=O) groups is 1. The Kier molecular flexibility index (Phi) is 15.2. The van der Waals surface area contributed by atoms with E-state index in [9.17, 15) is 13.2 Å². The van der Waals surface area contributed by atoms with Crippen molar-refractivity contribution in [2.45, 2.75) is 103 Å². The second-order valence-electron chi connectivity index (χ2n) is 7.22. The minimum atomic E-state index is -3.87. The molecule has 5 nitrogen and oxygen atoms in total. The average Bonchev–Trinajstić information content (AvgIpc) is 2.50. The van der Waals surface area contributed by atoms with Crippen LogP contribution in [0.5, 0.6) is 0 Å². The Morgan fingerprint density at radius 2 is 1.24 bits per heavy atom. The molecule has 0 rings (SSSR count). The summed E-state index contributed by atoms with van der Waals surface area (Å²) in [5.74, 6) is -0.703. The van der Waals surface area contributed by atoms with E-state index in [0.29, 0.717) is 0 Å². The summed E-state index contributed by atoms with van der Waals surface area (Å²) in [4.78, 5) is 10.4. The largest absolute Gasteiger partial charge is 0.481 e. The molecule has 0 heterocycles. The molecule has 0 saturated heterocycles. The smallest absolute Gasteiger partial charge is 0.303 e. The first-order chi connectivity index (χ1) is 11.8. The second-order valence-corrected chi connectivity index (χ2v) is 8.72. The molecule has 0 saturated carbocycles. The summed E-state index contributed by atoms with van der Waals surface area (Å²) in [6, 6.07) is 0. The van der Waals surface area contributed by atoms with Gasteiger partial charge in [-0.05, 0) is 25.2 Å². The SMILES string of the molecule is CCCCCC(CCCCCCCCCCCC(=O)O)CS(=O)(=O)O. The van der Waals surface area contributed by atoms with E-state index in [1.54, 1.807) is 0 Å². The van der Waals surface area contributed by atoms with Gasteiger partial charge in [0.05, 0.1) is 5.75 Å². The van der Waals surface area contributed by atoms with Crippen molar-refractivity contribution in [1.29, 1.82) is 0 Å². The van der Waals surface area contributed by atoms with Crippen LogP contribution in [0.3, 0.4) is 0 Å². The fourth-order valence-corrected chi connectivity index (χ4v) is 4.17. The highest BCUT2D eigenvalue weighted by Gasteiger charge is 2.16. The van der Waals surface area contributed by atoms with E-state index >= 15 is 0 Å². The molecule has 0 aliphatic carbocycles. The fourth-order valence-electron chi connectivity index (χ4n) is 3.24. The third kappa shape index (κ3) is 19.6. The van der Waals surface area contributed by atoms with Gasteiger partial charge in [0, 0.05) is 6.42 Å². The van der Waals surface area contributed by atoms with Crippen LogP contribution in [-0.2, 0) is 14.9 Å². The van der Waals surface area contributed by atoms with Crippen molar-refractivity contribution in [3.63, 3.8) is 0 Å². The fraction of sp³-hybridized carbons (Fsp3) is 0.947. The molecular formula is C19H38O5S. The highest BCUT2D eigenvalue weighted by molar-refractivity contribution is 7.85. The molecule has 0 aromatic rings. The summed E-state index contributed by atoms with van der Waals surface area (Å²) >= 11 is 0.